The Kier molecular flexibility index (Phi) is 6.77. The average molecular weight is 558 g/mol. The van der Waals surface area contributed by atoms with Crippen molar-refractivity contribution < 1.29 is 9.15 Å². The minimum Gasteiger partial charge on any atom is -0.459 e. The molecule has 3 aromatic carbocycles. The first-order chi connectivity index (χ1) is 18.6. The van der Waals surface area contributed by atoms with Crippen LogP contribution in [0.15, 0.2) is 114 Å². The number of halogens is 2. The number of benzene rings is 3. The Hall–Kier alpha value is -3.84. The lowest BCUT2D eigenvalue weighted by Gasteiger charge is -2.26. The van der Waals surface area contributed by atoms with Crippen LogP contribution in [0.5, 0.6) is 11.5 Å². The standard InChI is InChI=1S/C30H21Cl2N3O2S/c31-23-10-6-9-22(27(23)32)25-16-17-26(37-25)29-28(24-11-4-5-18-33-24)34-30(38)35(29)19-12-14-21(15-13-19)36-20-7-2-1-3-8-20/h1-18,28-29H,(H,34,38)/t28-,29+/m1/s1. The Balaban J connectivity index is 1.37. The van der Waals surface area contributed by atoms with Gasteiger partial charge in [-0.3, -0.25) is 4.98 Å². The summed E-state index contributed by atoms with van der Waals surface area (Å²) in [5.41, 5.74) is 2.47. The number of thiocarbonyl (C=S) groups is 1. The fourth-order valence-corrected chi connectivity index (χ4v) is 5.31. The molecule has 0 amide bonds. The molecule has 1 saturated heterocycles. The Bertz CT molecular complexity index is 1580. The normalized spacial score (nSPS) is 16.9. The predicted octanol–water partition coefficient (Wildman–Crippen LogP) is 8.62. The molecule has 188 valence electrons. The number of hydrogen-bond donors (Lipinski definition) is 1. The molecule has 5 nitrogen and oxygen atoms in total. The van der Waals surface area contributed by atoms with Crippen LogP contribution in [0.25, 0.3) is 11.3 Å². The van der Waals surface area contributed by atoms with Crippen molar-refractivity contribution in [3.63, 3.8) is 0 Å². The van der Waals surface area contributed by atoms with Gasteiger partial charge >= 0.3 is 0 Å². The third-order valence-electron chi connectivity index (χ3n) is 6.33. The van der Waals surface area contributed by atoms with Crippen molar-refractivity contribution in [1.29, 1.82) is 0 Å². The molecule has 38 heavy (non-hydrogen) atoms. The number of nitrogens with one attached hydrogen (secondary N) is 1. The smallest absolute Gasteiger partial charge is 0.174 e. The summed E-state index contributed by atoms with van der Waals surface area (Å²) in [5.74, 6) is 2.83. The molecule has 5 aromatic rings. The van der Waals surface area contributed by atoms with Gasteiger partial charge in [0.2, 0.25) is 0 Å². The van der Waals surface area contributed by atoms with Crippen LogP contribution in [-0.4, -0.2) is 10.1 Å². The Morgan fingerprint density at radius 2 is 1.58 bits per heavy atom. The number of anilines is 1. The number of pyridine rings is 1. The van der Waals surface area contributed by atoms with E-state index >= 15 is 0 Å². The van der Waals surface area contributed by atoms with E-state index in [2.05, 4.69) is 10.3 Å². The maximum Gasteiger partial charge on any atom is 0.174 e. The van der Waals surface area contributed by atoms with Gasteiger partial charge in [0.05, 0.1) is 21.8 Å². The molecule has 3 heterocycles. The highest BCUT2D eigenvalue weighted by Gasteiger charge is 2.42. The quantitative estimate of drug-likeness (QED) is 0.211. The van der Waals surface area contributed by atoms with E-state index in [1.54, 1.807) is 12.3 Å². The highest BCUT2D eigenvalue weighted by Crippen LogP contribution is 2.44. The van der Waals surface area contributed by atoms with Gasteiger partial charge in [0.25, 0.3) is 0 Å². The molecule has 0 bridgehead atoms. The van der Waals surface area contributed by atoms with Crippen LogP contribution >= 0.6 is 35.4 Å². The molecule has 1 aliphatic heterocycles. The molecule has 0 aliphatic carbocycles. The summed E-state index contributed by atoms with van der Waals surface area (Å²) < 4.78 is 12.4. The first-order valence-corrected chi connectivity index (χ1v) is 13.1. The van der Waals surface area contributed by atoms with Crippen molar-refractivity contribution in [3.8, 4) is 22.8 Å². The van der Waals surface area contributed by atoms with E-state index in [0.717, 1.165) is 28.4 Å². The molecular formula is C30H21Cl2N3O2S. The molecule has 0 spiro atoms. The maximum absolute atomic E-state index is 6.48. The van der Waals surface area contributed by atoms with Gasteiger partial charge < -0.3 is 19.4 Å². The molecule has 2 aromatic heterocycles. The summed E-state index contributed by atoms with van der Waals surface area (Å²) in [6.07, 6.45) is 1.77. The monoisotopic (exact) mass is 557 g/mol. The van der Waals surface area contributed by atoms with E-state index in [9.17, 15) is 0 Å². The maximum atomic E-state index is 6.48. The second-order valence-corrected chi connectivity index (χ2v) is 9.88. The molecule has 0 radical (unpaired) electrons. The van der Waals surface area contributed by atoms with Crippen molar-refractivity contribution in [3.05, 3.63) is 131 Å². The molecule has 1 aliphatic rings. The summed E-state index contributed by atoms with van der Waals surface area (Å²) in [6.45, 7) is 0. The number of para-hydroxylation sites is 1. The van der Waals surface area contributed by atoms with E-state index in [-0.39, 0.29) is 12.1 Å². The molecule has 6 rings (SSSR count). The van der Waals surface area contributed by atoms with Crippen LogP contribution in [0.4, 0.5) is 5.69 Å². The first kappa shape index (κ1) is 24.5. The summed E-state index contributed by atoms with van der Waals surface area (Å²) in [7, 11) is 0. The Morgan fingerprint density at radius 1 is 0.816 bits per heavy atom. The van der Waals surface area contributed by atoms with Gasteiger partial charge in [0.15, 0.2) is 5.11 Å². The number of ether oxygens (including phenoxy) is 1. The topological polar surface area (TPSA) is 50.5 Å². The third-order valence-corrected chi connectivity index (χ3v) is 7.46. The largest absolute Gasteiger partial charge is 0.459 e. The molecule has 2 atom stereocenters. The molecule has 0 unspecified atom stereocenters. The van der Waals surface area contributed by atoms with Crippen molar-refractivity contribution in [2.45, 2.75) is 12.1 Å². The van der Waals surface area contributed by atoms with E-state index in [0.29, 0.717) is 26.7 Å². The van der Waals surface area contributed by atoms with Crippen LogP contribution < -0.4 is 15.0 Å². The zero-order chi connectivity index (χ0) is 26.1. The van der Waals surface area contributed by atoms with Crippen LogP contribution in [0.3, 0.4) is 0 Å². The summed E-state index contributed by atoms with van der Waals surface area (Å²) in [4.78, 5) is 6.65. The second kappa shape index (κ2) is 10.5. The first-order valence-electron chi connectivity index (χ1n) is 12.0. The SMILES string of the molecule is S=C1N[C@H](c2ccccn2)[C@H](c2ccc(-c3cccc(Cl)c3Cl)o2)N1c1ccc(Oc2ccccc2)cc1. The number of hydrogen-bond acceptors (Lipinski definition) is 4. The average Bonchev–Trinajstić information content (AvgIpc) is 3.56. The molecular weight excluding hydrogens is 537 g/mol. The van der Waals surface area contributed by atoms with Gasteiger partial charge in [0, 0.05) is 17.4 Å². The van der Waals surface area contributed by atoms with Crippen molar-refractivity contribution >= 4 is 46.2 Å². The van der Waals surface area contributed by atoms with Crippen molar-refractivity contribution in [2.24, 2.45) is 0 Å². The zero-order valence-electron chi connectivity index (χ0n) is 19.9. The van der Waals surface area contributed by atoms with Crippen LogP contribution in [0, 0.1) is 0 Å². The van der Waals surface area contributed by atoms with Crippen LogP contribution in [0.2, 0.25) is 10.0 Å². The van der Waals surface area contributed by atoms with Crippen molar-refractivity contribution in [2.75, 3.05) is 4.90 Å². The van der Waals surface area contributed by atoms with Crippen LogP contribution in [-0.2, 0) is 0 Å². The fourth-order valence-electron chi connectivity index (χ4n) is 4.57. The molecule has 8 heteroatoms. The Morgan fingerprint density at radius 3 is 2.34 bits per heavy atom. The zero-order valence-corrected chi connectivity index (χ0v) is 22.3. The second-order valence-electron chi connectivity index (χ2n) is 8.71. The van der Waals surface area contributed by atoms with Crippen LogP contribution in [0.1, 0.15) is 23.5 Å². The van der Waals surface area contributed by atoms with E-state index in [1.807, 2.05) is 102 Å². The predicted molar refractivity (Wildman–Crippen MR) is 155 cm³/mol. The lowest BCUT2D eigenvalue weighted by atomic mass is 10.0. The highest BCUT2D eigenvalue weighted by molar-refractivity contribution is 7.80. The summed E-state index contributed by atoms with van der Waals surface area (Å²) in [5, 5.41) is 4.93. The third kappa shape index (κ3) is 4.74. The Labute approximate surface area is 235 Å². The number of rotatable bonds is 6. The van der Waals surface area contributed by atoms with E-state index < -0.39 is 0 Å². The van der Waals surface area contributed by atoms with Gasteiger partial charge in [-0.2, -0.15) is 0 Å². The molecule has 1 N–H and O–H groups in total. The minimum absolute atomic E-state index is 0.238. The van der Waals surface area contributed by atoms with Crippen molar-refractivity contribution in [1.82, 2.24) is 10.3 Å². The summed E-state index contributed by atoms with van der Waals surface area (Å²) >= 11 is 18.6. The molecule has 1 fully saturated rings. The number of nitrogens with zero attached hydrogens (tertiary/aromatic N) is 2. The summed E-state index contributed by atoms with van der Waals surface area (Å²) in [6, 6.07) is 32.1. The number of furan rings is 1. The lowest BCUT2D eigenvalue weighted by molar-refractivity contribution is 0.439. The minimum atomic E-state index is -0.301. The van der Waals surface area contributed by atoms with Gasteiger partial charge in [-0.15, -0.1) is 0 Å². The van der Waals surface area contributed by atoms with Gasteiger partial charge in [-0.05, 0) is 85.0 Å². The van der Waals surface area contributed by atoms with E-state index in [1.165, 1.54) is 0 Å². The lowest BCUT2D eigenvalue weighted by Crippen LogP contribution is -2.29. The highest BCUT2D eigenvalue weighted by atomic mass is 35.5. The van der Waals surface area contributed by atoms with Gasteiger partial charge in [0.1, 0.15) is 29.1 Å². The van der Waals surface area contributed by atoms with Gasteiger partial charge in [-0.25, -0.2) is 0 Å². The molecule has 0 saturated carbocycles. The number of aromatic nitrogens is 1. The van der Waals surface area contributed by atoms with Gasteiger partial charge in [-0.1, -0.05) is 53.5 Å². The van der Waals surface area contributed by atoms with E-state index in [4.69, 9.17) is 44.6 Å². The fraction of sp³-hybridized carbons (Fsp3) is 0.0667.